The molecule has 2 unspecified atom stereocenters. The van der Waals surface area contributed by atoms with Crippen molar-refractivity contribution in [3.8, 4) is 0 Å². The van der Waals surface area contributed by atoms with Crippen molar-refractivity contribution in [2.75, 3.05) is 19.6 Å². The first-order valence-corrected chi connectivity index (χ1v) is 11.1. The molecule has 156 valence electrons. The molecule has 2 atom stereocenters. The van der Waals surface area contributed by atoms with Crippen LogP contribution >= 0.6 is 0 Å². The summed E-state index contributed by atoms with van der Waals surface area (Å²) in [4.78, 5) is 15.2. The molecule has 1 aromatic heterocycles. The SMILES string of the molecule is CC1CCCCN1Cc1ccccc1CNC(=O)c1ccn(C2CCCNC2)n1. The molecule has 2 fully saturated rings. The lowest BCUT2D eigenvalue weighted by atomic mass is 10.0. The number of piperidine rings is 2. The molecule has 6 nitrogen and oxygen atoms in total. The van der Waals surface area contributed by atoms with E-state index in [1.807, 2.05) is 16.9 Å². The van der Waals surface area contributed by atoms with Gasteiger partial charge >= 0.3 is 0 Å². The lowest BCUT2D eigenvalue weighted by molar-refractivity contribution is 0.0944. The Morgan fingerprint density at radius 1 is 1.17 bits per heavy atom. The minimum absolute atomic E-state index is 0.103. The van der Waals surface area contributed by atoms with Crippen LogP contribution in [0.3, 0.4) is 0 Å². The molecule has 0 spiro atoms. The van der Waals surface area contributed by atoms with E-state index in [-0.39, 0.29) is 5.91 Å². The molecule has 2 aliphatic rings. The molecule has 4 rings (SSSR count). The van der Waals surface area contributed by atoms with E-state index < -0.39 is 0 Å². The minimum atomic E-state index is -0.103. The number of amides is 1. The second-order valence-electron chi connectivity index (χ2n) is 8.45. The summed E-state index contributed by atoms with van der Waals surface area (Å²) in [6.07, 6.45) is 8.08. The second kappa shape index (κ2) is 9.55. The molecule has 0 bridgehead atoms. The van der Waals surface area contributed by atoms with Gasteiger partial charge in [-0.2, -0.15) is 5.10 Å². The van der Waals surface area contributed by atoms with Crippen molar-refractivity contribution >= 4 is 5.91 Å². The highest BCUT2D eigenvalue weighted by Crippen LogP contribution is 2.21. The van der Waals surface area contributed by atoms with Crippen LogP contribution in [-0.2, 0) is 13.1 Å². The molecular formula is C23H33N5O. The molecule has 2 aromatic rings. The number of nitrogens with one attached hydrogen (secondary N) is 2. The molecule has 2 aliphatic heterocycles. The van der Waals surface area contributed by atoms with Crippen molar-refractivity contribution < 1.29 is 4.79 Å². The number of hydrogen-bond acceptors (Lipinski definition) is 4. The standard InChI is InChI=1S/C23H33N5O/c1-18-7-4-5-13-27(18)17-20-9-3-2-8-19(20)15-25-23(29)22-11-14-28(26-22)21-10-6-12-24-16-21/h2-3,8-9,11,14,18,21,24H,4-7,10,12-13,15-17H2,1H3,(H,25,29). The van der Waals surface area contributed by atoms with E-state index >= 15 is 0 Å². The molecule has 0 aliphatic carbocycles. The predicted molar refractivity (Wildman–Crippen MR) is 115 cm³/mol. The number of hydrogen-bond donors (Lipinski definition) is 2. The Labute approximate surface area is 173 Å². The van der Waals surface area contributed by atoms with Crippen molar-refractivity contribution in [1.29, 1.82) is 0 Å². The van der Waals surface area contributed by atoms with Crippen molar-refractivity contribution in [3.63, 3.8) is 0 Å². The molecule has 29 heavy (non-hydrogen) atoms. The number of carbonyl (C=O) groups excluding carboxylic acids is 1. The molecule has 1 amide bonds. The van der Waals surface area contributed by atoms with Gasteiger partial charge in [0.05, 0.1) is 6.04 Å². The average molecular weight is 396 g/mol. The van der Waals surface area contributed by atoms with Gasteiger partial charge in [0, 0.05) is 31.9 Å². The number of nitrogens with zero attached hydrogens (tertiary/aromatic N) is 3. The smallest absolute Gasteiger partial charge is 0.272 e. The van der Waals surface area contributed by atoms with Gasteiger partial charge in [-0.25, -0.2) is 0 Å². The van der Waals surface area contributed by atoms with E-state index in [1.165, 1.54) is 30.4 Å². The van der Waals surface area contributed by atoms with E-state index in [9.17, 15) is 4.79 Å². The highest BCUT2D eigenvalue weighted by Gasteiger charge is 2.20. The van der Waals surface area contributed by atoms with Gasteiger partial charge < -0.3 is 10.6 Å². The number of aromatic nitrogens is 2. The Kier molecular flexibility index (Phi) is 6.62. The zero-order valence-corrected chi connectivity index (χ0v) is 17.4. The van der Waals surface area contributed by atoms with Gasteiger partial charge in [0.15, 0.2) is 0 Å². The lowest BCUT2D eigenvalue weighted by Gasteiger charge is -2.33. The first-order valence-electron chi connectivity index (χ1n) is 11.1. The maximum Gasteiger partial charge on any atom is 0.272 e. The van der Waals surface area contributed by atoms with Gasteiger partial charge in [-0.1, -0.05) is 30.7 Å². The van der Waals surface area contributed by atoms with Crippen LogP contribution in [0, 0.1) is 0 Å². The van der Waals surface area contributed by atoms with Crippen molar-refractivity contribution in [1.82, 2.24) is 25.3 Å². The number of carbonyl (C=O) groups is 1. The van der Waals surface area contributed by atoms with Crippen LogP contribution < -0.4 is 10.6 Å². The summed E-state index contributed by atoms with van der Waals surface area (Å²) in [5, 5.41) is 11.0. The van der Waals surface area contributed by atoms with Crippen LogP contribution in [0.15, 0.2) is 36.5 Å². The fourth-order valence-corrected chi connectivity index (χ4v) is 4.48. The Hall–Kier alpha value is -2.18. The van der Waals surface area contributed by atoms with Gasteiger partial charge in [-0.3, -0.25) is 14.4 Å². The van der Waals surface area contributed by atoms with Crippen LogP contribution in [0.1, 0.15) is 66.7 Å². The number of benzene rings is 1. The van der Waals surface area contributed by atoms with E-state index in [0.29, 0.717) is 24.3 Å². The summed E-state index contributed by atoms with van der Waals surface area (Å²) in [5.41, 5.74) is 2.99. The Morgan fingerprint density at radius 2 is 2.03 bits per heavy atom. The summed E-state index contributed by atoms with van der Waals surface area (Å²) in [6.45, 7) is 6.97. The zero-order valence-electron chi connectivity index (χ0n) is 17.4. The van der Waals surface area contributed by atoms with E-state index in [1.54, 1.807) is 0 Å². The van der Waals surface area contributed by atoms with Crippen LogP contribution in [0.2, 0.25) is 0 Å². The van der Waals surface area contributed by atoms with Crippen LogP contribution in [-0.4, -0.2) is 46.3 Å². The van der Waals surface area contributed by atoms with Crippen LogP contribution in [0.25, 0.3) is 0 Å². The topological polar surface area (TPSA) is 62.2 Å². The highest BCUT2D eigenvalue weighted by molar-refractivity contribution is 5.92. The van der Waals surface area contributed by atoms with Gasteiger partial charge in [-0.05, 0) is 62.9 Å². The summed E-state index contributed by atoms with van der Waals surface area (Å²) in [5.74, 6) is -0.103. The first kappa shape index (κ1) is 20.1. The van der Waals surface area contributed by atoms with E-state index in [2.05, 4.69) is 51.8 Å². The summed E-state index contributed by atoms with van der Waals surface area (Å²) < 4.78 is 1.94. The molecule has 3 heterocycles. The zero-order chi connectivity index (χ0) is 20.1. The van der Waals surface area contributed by atoms with Crippen molar-refractivity contribution in [3.05, 3.63) is 53.3 Å². The van der Waals surface area contributed by atoms with Gasteiger partial charge in [0.1, 0.15) is 5.69 Å². The molecule has 0 radical (unpaired) electrons. The van der Waals surface area contributed by atoms with Crippen LogP contribution in [0.4, 0.5) is 0 Å². The third-order valence-electron chi connectivity index (χ3n) is 6.36. The van der Waals surface area contributed by atoms with Crippen molar-refractivity contribution in [2.24, 2.45) is 0 Å². The largest absolute Gasteiger partial charge is 0.347 e. The van der Waals surface area contributed by atoms with Crippen LogP contribution in [0.5, 0.6) is 0 Å². The minimum Gasteiger partial charge on any atom is -0.347 e. The quantitative estimate of drug-likeness (QED) is 0.789. The molecule has 6 heteroatoms. The number of rotatable bonds is 6. The Bertz CT molecular complexity index is 811. The summed E-state index contributed by atoms with van der Waals surface area (Å²) >= 11 is 0. The maximum absolute atomic E-state index is 12.7. The first-order chi connectivity index (χ1) is 14.2. The molecule has 1 aromatic carbocycles. The Morgan fingerprint density at radius 3 is 2.83 bits per heavy atom. The molecule has 2 N–H and O–H groups in total. The molecule has 2 saturated heterocycles. The van der Waals surface area contributed by atoms with Gasteiger partial charge in [0.2, 0.25) is 0 Å². The number of likely N-dealkylation sites (tertiary alicyclic amines) is 1. The molecule has 0 saturated carbocycles. The second-order valence-corrected chi connectivity index (χ2v) is 8.45. The highest BCUT2D eigenvalue weighted by atomic mass is 16.1. The monoisotopic (exact) mass is 395 g/mol. The predicted octanol–water partition coefficient (Wildman–Crippen LogP) is 3.11. The van der Waals surface area contributed by atoms with Crippen molar-refractivity contribution in [2.45, 2.75) is 64.2 Å². The van der Waals surface area contributed by atoms with Gasteiger partial charge in [0.25, 0.3) is 5.91 Å². The lowest BCUT2D eigenvalue weighted by Crippen LogP contribution is -2.37. The normalized spacial score (nSPS) is 23.1. The van der Waals surface area contributed by atoms with Gasteiger partial charge in [-0.15, -0.1) is 0 Å². The third-order valence-corrected chi connectivity index (χ3v) is 6.36. The summed E-state index contributed by atoms with van der Waals surface area (Å²) in [6, 6.07) is 11.3. The average Bonchev–Trinajstić information content (AvgIpc) is 3.26. The van der Waals surface area contributed by atoms with E-state index in [0.717, 1.165) is 39.0 Å². The Balaban J connectivity index is 1.36. The fourth-order valence-electron chi connectivity index (χ4n) is 4.48. The fraction of sp³-hybridized carbons (Fsp3) is 0.565. The van der Waals surface area contributed by atoms with E-state index in [4.69, 9.17) is 0 Å². The third kappa shape index (κ3) is 5.06. The molecular weight excluding hydrogens is 362 g/mol. The maximum atomic E-state index is 12.7. The summed E-state index contributed by atoms with van der Waals surface area (Å²) in [7, 11) is 0.